The predicted octanol–water partition coefficient (Wildman–Crippen LogP) is 4.51. The van der Waals surface area contributed by atoms with Crippen molar-refractivity contribution in [3.8, 4) is 0 Å². The first-order valence-electron chi connectivity index (χ1n) is 6.59. The van der Waals surface area contributed by atoms with E-state index in [0.717, 1.165) is 4.47 Å². The van der Waals surface area contributed by atoms with Crippen molar-refractivity contribution in [3.63, 3.8) is 0 Å². The molecule has 0 heterocycles. The van der Waals surface area contributed by atoms with Crippen molar-refractivity contribution in [2.45, 2.75) is 32.6 Å². The number of nitrogens with zero attached hydrogens (tertiary/aromatic N) is 1. The monoisotopic (exact) mass is 425 g/mol. The van der Waals surface area contributed by atoms with Crippen LogP contribution in [0.25, 0.3) is 0 Å². The summed E-state index contributed by atoms with van der Waals surface area (Å²) in [6.45, 7) is 9.16. The van der Waals surface area contributed by atoms with E-state index in [4.69, 9.17) is 0 Å². The van der Waals surface area contributed by atoms with Crippen molar-refractivity contribution in [1.29, 1.82) is 0 Å². The molecule has 0 bridgehead atoms. The summed E-state index contributed by atoms with van der Waals surface area (Å²) in [4.78, 5) is 0.313. The Hall–Kier alpha value is 0.0900. The van der Waals surface area contributed by atoms with E-state index in [0.29, 0.717) is 22.5 Å². The third-order valence-electron chi connectivity index (χ3n) is 2.65. The average Bonchev–Trinajstić information content (AvgIpc) is 2.30. The van der Waals surface area contributed by atoms with E-state index in [1.54, 1.807) is 16.4 Å². The first-order valence-corrected chi connectivity index (χ1v) is 9.62. The second-order valence-corrected chi connectivity index (χ2v) is 9.36. The largest absolute Gasteiger partial charge is 0.244 e. The van der Waals surface area contributed by atoms with Crippen molar-refractivity contribution in [3.05, 3.63) is 27.1 Å². The number of hydrogen-bond acceptors (Lipinski definition) is 2. The molecule has 0 amide bonds. The lowest BCUT2D eigenvalue weighted by Gasteiger charge is -2.26. The van der Waals surface area contributed by atoms with Crippen LogP contribution in [-0.2, 0) is 10.0 Å². The minimum absolute atomic E-state index is 0.287. The van der Waals surface area contributed by atoms with E-state index < -0.39 is 10.0 Å². The Morgan fingerprint density at radius 3 is 2.00 bits per heavy atom. The molecule has 3 nitrogen and oxygen atoms in total. The maximum Gasteiger partial charge on any atom is 0.244 e. The minimum atomic E-state index is -3.49. The smallest absolute Gasteiger partial charge is 0.207 e. The number of hydrogen-bond donors (Lipinski definition) is 0. The van der Waals surface area contributed by atoms with E-state index in [9.17, 15) is 8.42 Å². The normalized spacial score (nSPS) is 12.7. The summed E-state index contributed by atoms with van der Waals surface area (Å²) in [6.07, 6.45) is 0. The number of rotatable bonds is 6. The lowest BCUT2D eigenvalue weighted by atomic mass is 10.2. The molecule has 0 aliphatic heterocycles. The Kier molecular flexibility index (Phi) is 6.70. The molecule has 0 aliphatic carbocycles. The van der Waals surface area contributed by atoms with Gasteiger partial charge in [-0.2, -0.15) is 4.31 Å². The van der Waals surface area contributed by atoms with Crippen LogP contribution in [0.2, 0.25) is 0 Å². The van der Waals surface area contributed by atoms with E-state index in [1.807, 2.05) is 33.8 Å². The van der Waals surface area contributed by atoms with Crippen molar-refractivity contribution in [2.24, 2.45) is 11.8 Å². The van der Waals surface area contributed by atoms with Gasteiger partial charge < -0.3 is 0 Å². The SMILES string of the molecule is CC(C)CN(CC(C)C)S(=O)(=O)c1cc(Br)ccc1Br. The molecule has 6 heteroatoms. The summed E-state index contributed by atoms with van der Waals surface area (Å²) >= 11 is 6.68. The maximum atomic E-state index is 12.9. The van der Waals surface area contributed by atoms with Crippen LogP contribution in [0.3, 0.4) is 0 Å². The fraction of sp³-hybridized carbons (Fsp3) is 0.571. The fourth-order valence-corrected chi connectivity index (χ4v) is 5.13. The molecule has 20 heavy (non-hydrogen) atoms. The highest BCUT2D eigenvalue weighted by atomic mass is 79.9. The topological polar surface area (TPSA) is 37.4 Å². The quantitative estimate of drug-likeness (QED) is 0.670. The fourth-order valence-electron chi connectivity index (χ4n) is 1.90. The van der Waals surface area contributed by atoms with Crippen LogP contribution in [0.15, 0.2) is 32.0 Å². The molecule has 0 aromatic heterocycles. The van der Waals surface area contributed by atoms with Gasteiger partial charge in [0.1, 0.15) is 0 Å². The molecule has 0 saturated carbocycles. The summed E-state index contributed by atoms with van der Waals surface area (Å²) in [5.41, 5.74) is 0. The van der Waals surface area contributed by atoms with Crippen LogP contribution in [0.4, 0.5) is 0 Å². The molecule has 0 N–H and O–H groups in total. The highest BCUT2D eigenvalue weighted by Gasteiger charge is 2.27. The molecule has 0 atom stereocenters. The predicted molar refractivity (Wildman–Crippen MR) is 90.3 cm³/mol. The molecule has 0 radical (unpaired) electrons. The third-order valence-corrected chi connectivity index (χ3v) is 5.97. The van der Waals surface area contributed by atoms with Crippen molar-refractivity contribution in [1.82, 2.24) is 4.31 Å². The third kappa shape index (κ3) is 4.83. The Morgan fingerprint density at radius 2 is 1.55 bits per heavy atom. The number of benzene rings is 1. The molecule has 114 valence electrons. The average molecular weight is 427 g/mol. The molecule has 1 aromatic carbocycles. The molecular formula is C14H21Br2NO2S. The van der Waals surface area contributed by atoms with Gasteiger partial charge in [-0.1, -0.05) is 43.6 Å². The zero-order valence-electron chi connectivity index (χ0n) is 12.2. The molecular weight excluding hydrogens is 406 g/mol. The maximum absolute atomic E-state index is 12.9. The summed E-state index contributed by atoms with van der Waals surface area (Å²) in [5, 5.41) is 0. The lowest BCUT2D eigenvalue weighted by Crippen LogP contribution is -2.37. The van der Waals surface area contributed by atoms with Gasteiger partial charge in [0.2, 0.25) is 10.0 Å². The van der Waals surface area contributed by atoms with Gasteiger partial charge in [-0.15, -0.1) is 0 Å². The Bertz CT molecular complexity index is 546. The van der Waals surface area contributed by atoms with Crippen molar-refractivity contribution >= 4 is 41.9 Å². The van der Waals surface area contributed by atoms with Gasteiger partial charge in [0.05, 0.1) is 4.90 Å². The first-order chi connectivity index (χ1) is 9.14. The Morgan fingerprint density at radius 1 is 1.05 bits per heavy atom. The second-order valence-electron chi connectivity index (χ2n) is 5.68. The molecule has 0 unspecified atom stereocenters. The van der Waals surface area contributed by atoms with E-state index in [1.165, 1.54) is 0 Å². The van der Waals surface area contributed by atoms with Crippen molar-refractivity contribution in [2.75, 3.05) is 13.1 Å². The molecule has 0 spiro atoms. The molecule has 0 saturated heterocycles. The van der Waals surface area contributed by atoms with Gasteiger partial charge in [0.25, 0.3) is 0 Å². The molecule has 0 fully saturated rings. The lowest BCUT2D eigenvalue weighted by molar-refractivity contribution is 0.333. The second kappa shape index (κ2) is 7.38. The highest BCUT2D eigenvalue weighted by Crippen LogP contribution is 2.29. The summed E-state index contributed by atoms with van der Waals surface area (Å²) in [7, 11) is -3.49. The van der Waals surface area contributed by atoms with E-state index in [2.05, 4.69) is 31.9 Å². The number of halogens is 2. The van der Waals surface area contributed by atoms with Gasteiger partial charge in [-0.3, -0.25) is 0 Å². The van der Waals surface area contributed by atoms with Gasteiger partial charge in [-0.25, -0.2) is 8.42 Å². The molecule has 1 rings (SSSR count). The zero-order chi connectivity index (χ0) is 15.5. The van der Waals surface area contributed by atoms with Crippen LogP contribution in [0.5, 0.6) is 0 Å². The van der Waals surface area contributed by atoms with Crippen molar-refractivity contribution < 1.29 is 8.42 Å². The van der Waals surface area contributed by atoms with E-state index in [-0.39, 0.29) is 11.8 Å². The van der Waals surface area contributed by atoms with Gasteiger partial charge >= 0.3 is 0 Å². The Balaban J connectivity index is 3.24. The number of sulfonamides is 1. The standard InChI is InChI=1S/C14H21Br2NO2S/c1-10(2)8-17(9-11(3)4)20(18,19)14-7-12(15)5-6-13(14)16/h5-7,10-11H,8-9H2,1-4H3. The van der Waals surface area contributed by atoms with Crippen LogP contribution in [0, 0.1) is 11.8 Å². The zero-order valence-corrected chi connectivity index (χ0v) is 16.2. The van der Waals surface area contributed by atoms with Crippen LogP contribution in [-0.4, -0.2) is 25.8 Å². The molecule has 0 aliphatic rings. The molecule has 1 aromatic rings. The first kappa shape index (κ1) is 18.1. The Labute approximate surface area is 139 Å². The van der Waals surface area contributed by atoms with Crippen LogP contribution >= 0.6 is 31.9 Å². The summed E-state index contributed by atoms with van der Waals surface area (Å²) < 4.78 is 28.6. The summed E-state index contributed by atoms with van der Waals surface area (Å²) in [5.74, 6) is 0.573. The van der Waals surface area contributed by atoms with Gasteiger partial charge in [0, 0.05) is 22.0 Å². The summed E-state index contributed by atoms with van der Waals surface area (Å²) in [6, 6.07) is 5.21. The van der Waals surface area contributed by atoms with Gasteiger partial charge in [0.15, 0.2) is 0 Å². The van der Waals surface area contributed by atoms with Gasteiger partial charge in [-0.05, 0) is 46.0 Å². The van der Waals surface area contributed by atoms with Crippen LogP contribution in [0.1, 0.15) is 27.7 Å². The highest BCUT2D eigenvalue weighted by molar-refractivity contribution is 9.11. The minimum Gasteiger partial charge on any atom is -0.207 e. The van der Waals surface area contributed by atoms with Crippen LogP contribution < -0.4 is 0 Å². The van der Waals surface area contributed by atoms with E-state index >= 15 is 0 Å².